The zero-order valence-electron chi connectivity index (χ0n) is 14.9. The van der Waals surface area contributed by atoms with Crippen LogP contribution >= 0.6 is 23.4 Å². The first kappa shape index (κ1) is 19.1. The SMILES string of the molecule is COc1cccc([C@H]2SCc3nnc(C(F)(F)F)n3-c3ccc(Cl)cc32)c1C. The first-order valence-electron chi connectivity index (χ1n) is 8.37. The fraction of sp³-hybridized carbons (Fsp3) is 0.263. The van der Waals surface area contributed by atoms with Crippen molar-refractivity contribution >= 4 is 23.4 Å². The Morgan fingerprint density at radius 1 is 1.18 bits per heavy atom. The molecule has 0 saturated carbocycles. The maximum absolute atomic E-state index is 13.5. The molecule has 3 aromatic rings. The molecule has 9 heteroatoms. The smallest absolute Gasteiger partial charge is 0.452 e. The van der Waals surface area contributed by atoms with E-state index >= 15 is 0 Å². The fourth-order valence-corrected chi connectivity index (χ4v) is 4.91. The van der Waals surface area contributed by atoms with Gasteiger partial charge in [-0.15, -0.1) is 22.0 Å². The number of aromatic nitrogens is 3. The number of alkyl halides is 3. The van der Waals surface area contributed by atoms with Gasteiger partial charge in [-0.1, -0.05) is 23.7 Å². The van der Waals surface area contributed by atoms with Crippen molar-refractivity contribution in [3.63, 3.8) is 0 Å². The van der Waals surface area contributed by atoms with E-state index in [1.807, 2.05) is 25.1 Å². The molecule has 1 aliphatic rings. The van der Waals surface area contributed by atoms with Gasteiger partial charge in [0.1, 0.15) is 11.6 Å². The van der Waals surface area contributed by atoms with Crippen molar-refractivity contribution in [1.82, 2.24) is 14.8 Å². The van der Waals surface area contributed by atoms with Gasteiger partial charge in [-0.3, -0.25) is 4.57 Å². The summed E-state index contributed by atoms with van der Waals surface area (Å²) in [6.45, 7) is 1.94. The Hall–Kier alpha value is -2.19. The van der Waals surface area contributed by atoms with Crippen molar-refractivity contribution in [2.45, 2.75) is 24.1 Å². The quantitative estimate of drug-likeness (QED) is 0.536. The number of fused-ring (bicyclic) bond motifs is 3. The normalized spacial score (nSPS) is 16.3. The molecule has 0 saturated heterocycles. The number of rotatable bonds is 2. The lowest BCUT2D eigenvalue weighted by Crippen LogP contribution is -2.16. The van der Waals surface area contributed by atoms with Crippen molar-refractivity contribution in [2.75, 3.05) is 7.11 Å². The predicted octanol–water partition coefficient (Wildman–Crippen LogP) is 5.59. The molecule has 2 heterocycles. The molecule has 4 nitrogen and oxygen atoms in total. The molecule has 0 fully saturated rings. The van der Waals surface area contributed by atoms with Gasteiger partial charge < -0.3 is 4.74 Å². The summed E-state index contributed by atoms with van der Waals surface area (Å²) in [5.74, 6) is 0.219. The summed E-state index contributed by atoms with van der Waals surface area (Å²) in [6.07, 6.45) is -4.61. The average Bonchev–Trinajstić information content (AvgIpc) is 3.01. The van der Waals surface area contributed by atoms with Gasteiger partial charge in [0.05, 0.1) is 23.8 Å². The van der Waals surface area contributed by atoms with Crippen molar-refractivity contribution in [2.24, 2.45) is 0 Å². The first-order chi connectivity index (χ1) is 13.3. The lowest BCUT2D eigenvalue weighted by molar-refractivity contribution is -0.146. The molecule has 0 radical (unpaired) electrons. The third-order valence-corrected chi connectivity index (χ3v) is 6.21. The van der Waals surface area contributed by atoms with Crippen molar-refractivity contribution < 1.29 is 17.9 Å². The standard InChI is InChI=1S/C19H15ClF3N3OS/c1-10-12(4-3-5-15(10)27-2)17-13-8-11(20)6-7-14(13)26-16(9-28-17)24-25-18(26)19(21,22)23/h3-8,17H,9H2,1-2H3/t17-/m1/s1. The average molecular weight is 426 g/mol. The molecule has 1 atom stereocenters. The van der Waals surface area contributed by atoms with E-state index in [0.29, 0.717) is 16.3 Å². The minimum absolute atomic E-state index is 0.230. The molecular formula is C19H15ClF3N3OS. The summed E-state index contributed by atoms with van der Waals surface area (Å²) in [4.78, 5) is 0. The third kappa shape index (κ3) is 3.14. The van der Waals surface area contributed by atoms with E-state index in [1.165, 1.54) is 11.8 Å². The zero-order chi connectivity index (χ0) is 20.1. The largest absolute Gasteiger partial charge is 0.496 e. The lowest BCUT2D eigenvalue weighted by atomic mass is 9.98. The molecule has 0 aliphatic carbocycles. The number of thioether (sulfide) groups is 1. The van der Waals surface area contributed by atoms with Crippen LogP contribution < -0.4 is 4.74 Å². The Morgan fingerprint density at radius 2 is 1.96 bits per heavy atom. The number of hydrogen-bond acceptors (Lipinski definition) is 4. The highest BCUT2D eigenvalue weighted by molar-refractivity contribution is 7.99. The minimum atomic E-state index is -4.61. The van der Waals surface area contributed by atoms with Crippen LogP contribution in [-0.4, -0.2) is 21.9 Å². The second-order valence-electron chi connectivity index (χ2n) is 6.34. The number of benzene rings is 2. The lowest BCUT2D eigenvalue weighted by Gasteiger charge is -2.21. The van der Waals surface area contributed by atoms with Crippen molar-refractivity contribution in [3.05, 3.63) is 69.8 Å². The Kier molecular flexibility index (Phi) is 4.79. The van der Waals surface area contributed by atoms with Crippen LogP contribution in [0.2, 0.25) is 5.02 Å². The number of methoxy groups -OCH3 is 1. The third-order valence-electron chi connectivity index (χ3n) is 4.70. The maximum Gasteiger partial charge on any atom is 0.452 e. The molecule has 0 N–H and O–H groups in total. The highest BCUT2D eigenvalue weighted by atomic mass is 35.5. The van der Waals surface area contributed by atoms with Crippen LogP contribution in [0.15, 0.2) is 36.4 Å². The number of hydrogen-bond donors (Lipinski definition) is 0. The summed E-state index contributed by atoms with van der Waals surface area (Å²) in [5, 5.41) is 7.42. The van der Waals surface area contributed by atoms with Crippen LogP contribution in [0.3, 0.4) is 0 Å². The molecule has 146 valence electrons. The van der Waals surface area contributed by atoms with E-state index in [0.717, 1.165) is 21.4 Å². The first-order valence-corrected chi connectivity index (χ1v) is 9.80. The Labute approximate surface area is 168 Å². The summed E-state index contributed by atoms with van der Waals surface area (Å²) >= 11 is 7.70. The van der Waals surface area contributed by atoms with Gasteiger partial charge in [0.25, 0.3) is 0 Å². The van der Waals surface area contributed by atoms with E-state index in [2.05, 4.69) is 10.2 Å². The van der Waals surface area contributed by atoms with E-state index in [1.54, 1.807) is 25.3 Å². The summed E-state index contributed by atoms with van der Waals surface area (Å²) in [6, 6.07) is 10.6. The molecule has 1 aliphatic heterocycles. The molecule has 0 unspecified atom stereocenters. The Bertz CT molecular complexity index is 1050. The van der Waals surface area contributed by atoms with Gasteiger partial charge in [0.2, 0.25) is 5.82 Å². The fourth-order valence-electron chi connectivity index (χ4n) is 3.43. The summed E-state index contributed by atoms with van der Waals surface area (Å²) in [7, 11) is 1.59. The van der Waals surface area contributed by atoms with E-state index in [4.69, 9.17) is 16.3 Å². The van der Waals surface area contributed by atoms with E-state index in [9.17, 15) is 13.2 Å². The minimum Gasteiger partial charge on any atom is -0.496 e. The zero-order valence-corrected chi connectivity index (χ0v) is 16.5. The second-order valence-corrected chi connectivity index (χ2v) is 7.87. The van der Waals surface area contributed by atoms with Crippen LogP contribution in [0.25, 0.3) is 5.69 Å². The summed E-state index contributed by atoms with van der Waals surface area (Å²) in [5.41, 5.74) is 2.95. The van der Waals surface area contributed by atoms with Crippen molar-refractivity contribution in [1.29, 1.82) is 0 Å². The molecule has 28 heavy (non-hydrogen) atoms. The topological polar surface area (TPSA) is 39.9 Å². The van der Waals surface area contributed by atoms with E-state index < -0.39 is 12.0 Å². The van der Waals surface area contributed by atoms with Gasteiger partial charge in [-0.25, -0.2) is 0 Å². The molecule has 0 amide bonds. The highest BCUT2D eigenvalue weighted by Gasteiger charge is 2.40. The van der Waals surface area contributed by atoms with Crippen LogP contribution in [0.5, 0.6) is 5.75 Å². The van der Waals surface area contributed by atoms with Crippen LogP contribution in [0.4, 0.5) is 13.2 Å². The number of ether oxygens (including phenoxy) is 1. The molecule has 4 rings (SSSR count). The van der Waals surface area contributed by atoms with Gasteiger partial charge in [0.15, 0.2) is 0 Å². The Balaban J connectivity index is 1.96. The molecule has 2 aromatic carbocycles. The van der Waals surface area contributed by atoms with Crippen LogP contribution in [0, 0.1) is 6.92 Å². The monoisotopic (exact) mass is 425 g/mol. The van der Waals surface area contributed by atoms with Crippen molar-refractivity contribution in [3.8, 4) is 11.4 Å². The van der Waals surface area contributed by atoms with Crippen LogP contribution in [0.1, 0.15) is 33.6 Å². The maximum atomic E-state index is 13.5. The second kappa shape index (κ2) is 7.00. The van der Waals surface area contributed by atoms with Crippen LogP contribution in [-0.2, 0) is 11.9 Å². The molecule has 0 spiro atoms. The van der Waals surface area contributed by atoms with Gasteiger partial charge in [-0.05, 0) is 47.9 Å². The predicted molar refractivity (Wildman–Crippen MR) is 102 cm³/mol. The van der Waals surface area contributed by atoms with Gasteiger partial charge in [0, 0.05) is 5.02 Å². The summed E-state index contributed by atoms with van der Waals surface area (Å²) < 4.78 is 47.1. The number of halogens is 4. The number of nitrogens with zero attached hydrogens (tertiary/aromatic N) is 3. The van der Waals surface area contributed by atoms with E-state index in [-0.39, 0.29) is 16.8 Å². The molecular weight excluding hydrogens is 411 g/mol. The molecule has 1 aromatic heterocycles. The van der Waals surface area contributed by atoms with Gasteiger partial charge >= 0.3 is 6.18 Å². The highest BCUT2D eigenvalue weighted by Crippen LogP contribution is 2.47. The molecule has 0 bridgehead atoms. The Morgan fingerprint density at radius 3 is 2.68 bits per heavy atom. The van der Waals surface area contributed by atoms with Gasteiger partial charge in [-0.2, -0.15) is 13.2 Å².